The van der Waals surface area contributed by atoms with E-state index in [0.717, 1.165) is 28.7 Å². The third-order valence-corrected chi connectivity index (χ3v) is 10.5. The second-order valence-corrected chi connectivity index (χ2v) is 14.9. The first-order valence-corrected chi connectivity index (χ1v) is 20.3. The van der Waals surface area contributed by atoms with Crippen molar-refractivity contribution in [2.75, 3.05) is 19.7 Å². The molecular weight excluding hydrogens is 833 g/mol. The van der Waals surface area contributed by atoms with E-state index in [9.17, 15) is 32.3 Å². The molecule has 4 N–H and O–H groups in total. The van der Waals surface area contributed by atoms with Gasteiger partial charge in [0.25, 0.3) is 5.91 Å². The molecule has 0 aliphatic heterocycles. The summed E-state index contributed by atoms with van der Waals surface area (Å²) < 4.78 is 60.5. The lowest BCUT2D eigenvalue weighted by Crippen LogP contribution is -2.23. The number of aliphatic hydroxyl groups is 1. The summed E-state index contributed by atoms with van der Waals surface area (Å²) in [6.45, 7) is 0.435. The Kier molecular flexibility index (Phi) is 13.6. The van der Waals surface area contributed by atoms with Gasteiger partial charge < -0.3 is 20.5 Å². The molecule has 7 rings (SSSR count). The van der Waals surface area contributed by atoms with Crippen LogP contribution in [0.1, 0.15) is 38.3 Å². The average molecular weight is 867 g/mol. The summed E-state index contributed by atoms with van der Waals surface area (Å²) in [5.74, 6) is 4.65. The highest BCUT2D eigenvalue weighted by atomic mass is 32.1. The fourth-order valence-corrected chi connectivity index (χ4v) is 7.29. The van der Waals surface area contributed by atoms with Crippen LogP contribution in [-0.4, -0.2) is 50.5 Å². The Hall–Kier alpha value is -6.78. The van der Waals surface area contributed by atoms with Crippen molar-refractivity contribution in [1.29, 1.82) is 0 Å². The van der Waals surface area contributed by atoms with Gasteiger partial charge in [-0.25, -0.2) is 14.4 Å². The van der Waals surface area contributed by atoms with Crippen molar-refractivity contribution < 1.29 is 32.2 Å². The van der Waals surface area contributed by atoms with E-state index >= 15 is 0 Å². The quantitative estimate of drug-likeness (QED) is 0.0347. The summed E-state index contributed by atoms with van der Waals surface area (Å²) in [6.07, 6.45) is -3.17. The van der Waals surface area contributed by atoms with Crippen LogP contribution >= 0.6 is 22.7 Å². The van der Waals surface area contributed by atoms with E-state index in [2.05, 4.69) is 47.8 Å². The van der Waals surface area contributed by atoms with Gasteiger partial charge in [0.15, 0.2) is 5.69 Å². The van der Waals surface area contributed by atoms with Crippen LogP contribution in [0.5, 0.6) is 5.75 Å². The second-order valence-electron chi connectivity index (χ2n) is 13.1. The van der Waals surface area contributed by atoms with E-state index in [0.29, 0.717) is 52.3 Å². The van der Waals surface area contributed by atoms with Crippen LogP contribution in [0, 0.1) is 17.7 Å². The summed E-state index contributed by atoms with van der Waals surface area (Å²) in [5, 5.41) is 29.1. The largest absolute Gasteiger partial charge is 0.489 e. The van der Waals surface area contributed by atoms with Crippen LogP contribution in [0.3, 0.4) is 0 Å². The summed E-state index contributed by atoms with van der Waals surface area (Å²) in [5.41, 5.74) is 2.40. The molecule has 7 aromatic rings. The van der Waals surface area contributed by atoms with Gasteiger partial charge in [0.05, 0.1) is 29.8 Å². The minimum Gasteiger partial charge on any atom is -0.489 e. The number of aromatic amines is 1. The first kappa shape index (κ1) is 42.3. The number of thiazole rings is 2. The molecule has 0 unspecified atom stereocenters. The molecule has 0 saturated heterocycles. The number of azo groups is 1. The number of carbonyl (C=O) groups excluding carboxylic acids is 1. The van der Waals surface area contributed by atoms with E-state index in [1.807, 2.05) is 66.0 Å². The average Bonchev–Trinajstić information content (AvgIpc) is 4.03. The number of benzene rings is 4. The maximum atomic E-state index is 13.7. The molecule has 0 fully saturated rings. The van der Waals surface area contributed by atoms with Crippen LogP contribution in [0.2, 0.25) is 0 Å². The number of alkyl halides is 3. The number of aromatic nitrogens is 4. The standard InChI is InChI=1S/C43H34F4N8O4S2/c44-33-16-14-28(22-32(33)43(45,46)47)25-59-35-17-15-27(21-31(35)23-48-19-20-56)9-7-8-18-49-39(57)36-24-50-41(61-36)53-52-38-37(30-12-5-2-6-13-30)54-55(40(38)58)42-51-34(26-60-42)29-10-3-1-4-11-29/h1-6,10-17,21-22,24,26,48,54,56H,8,18-20,23,25H2,(H,49,57). The van der Waals surface area contributed by atoms with Crippen molar-refractivity contribution in [3.05, 3.63) is 152 Å². The maximum absolute atomic E-state index is 13.7. The predicted molar refractivity (Wildman–Crippen MR) is 224 cm³/mol. The predicted octanol–water partition coefficient (Wildman–Crippen LogP) is 8.82. The number of nitrogens with zero attached hydrogens (tertiary/aromatic N) is 5. The van der Waals surface area contributed by atoms with Gasteiger partial charge >= 0.3 is 11.7 Å². The minimum absolute atomic E-state index is 0.0473. The number of H-pyrrole nitrogens is 1. The highest BCUT2D eigenvalue weighted by Gasteiger charge is 2.34. The van der Waals surface area contributed by atoms with Gasteiger partial charge in [-0.05, 0) is 35.9 Å². The number of amides is 1. The first-order chi connectivity index (χ1) is 29.6. The van der Waals surface area contributed by atoms with E-state index < -0.39 is 29.0 Å². The summed E-state index contributed by atoms with van der Waals surface area (Å²) in [7, 11) is 0. The normalized spacial score (nSPS) is 11.4. The number of hydrogen-bond acceptors (Lipinski definition) is 11. The molecule has 18 heteroatoms. The third-order valence-electron chi connectivity index (χ3n) is 8.80. The molecule has 0 aliphatic carbocycles. The zero-order valence-corrected chi connectivity index (χ0v) is 33.5. The lowest BCUT2D eigenvalue weighted by molar-refractivity contribution is -0.140. The molecule has 3 aromatic heterocycles. The van der Waals surface area contributed by atoms with Crippen molar-refractivity contribution in [2.24, 2.45) is 10.2 Å². The molecule has 0 radical (unpaired) electrons. The van der Waals surface area contributed by atoms with Gasteiger partial charge in [-0.15, -0.1) is 21.6 Å². The molecule has 1 amide bonds. The Labute approximate surface area is 353 Å². The topological polar surface area (TPSA) is 159 Å². The van der Waals surface area contributed by atoms with Gasteiger partial charge in [0.2, 0.25) is 10.3 Å². The Morgan fingerprint density at radius 1 is 0.967 bits per heavy atom. The highest BCUT2D eigenvalue weighted by molar-refractivity contribution is 7.17. The van der Waals surface area contributed by atoms with E-state index in [-0.39, 0.29) is 47.6 Å². The van der Waals surface area contributed by atoms with E-state index in [1.54, 1.807) is 18.2 Å². The number of aliphatic hydroxyl groups excluding tert-OH is 1. The number of rotatable bonds is 15. The molecule has 0 bridgehead atoms. The zero-order valence-electron chi connectivity index (χ0n) is 31.9. The fraction of sp³-hybridized carbons (Fsp3) is 0.163. The lowest BCUT2D eigenvalue weighted by atomic mass is 10.1. The summed E-state index contributed by atoms with van der Waals surface area (Å²) in [6, 6.07) is 26.6. The molecular formula is C43H34F4N8O4S2. The van der Waals surface area contributed by atoms with Crippen molar-refractivity contribution in [3.63, 3.8) is 0 Å². The first-order valence-electron chi connectivity index (χ1n) is 18.6. The van der Waals surface area contributed by atoms with Crippen molar-refractivity contribution >= 4 is 39.4 Å². The second kappa shape index (κ2) is 19.5. The summed E-state index contributed by atoms with van der Waals surface area (Å²) in [4.78, 5) is 35.8. The molecule has 0 saturated carbocycles. The SMILES string of the molecule is O=C(NCCC#Cc1ccc(OCc2ccc(F)c(C(F)(F)F)c2)c(CNCCO)c1)c1cnc(N=Nc2c(-c3ccccc3)[nH]n(-c3nc(-c4ccccc4)cs3)c2=O)s1. The van der Waals surface area contributed by atoms with Gasteiger partial charge in [-0.3, -0.25) is 14.7 Å². The van der Waals surface area contributed by atoms with Gasteiger partial charge in [0.1, 0.15) is 23.1 Å². The maximum Gasteiger partial charge on any atom is 0.419 e. The summed E-state index contributed by atoms with van der Waals surface area (Å²) >= 11 is 2.30. The fourth-order valence-electron chi connectivity index (χ4n) is 5.85. The zero-order chi connectivity index (χ0) is 42.8. The number of hydrogen-bond donors (Lipinski definition) is 4. The molecule has 3 heterocycles. The number of nitrogens with one attached hydrogen (secondary N) is 3. The van der Waals surface area contributed by atoms with Crippen molar-refractivity contribution in [2.45, 2.75) is 25.7 Å². The van der Waals surface area contributed by atoms with Crippen LogP contribution in [0.15, 0.2) is 124 Å². The van der Waals surface area contributed by atoms with Crippen molar-refractivity contribution in [1.82, 2.24) is 30.4 Å². The third kappa shape index (κ3) is 10.7. The number of halogens is 4. The van der Waals surface area contributed by atoms with Gasteiger partial charge in [-0.2, -0.15) is 17.9 Å². The Balaban J connectivity index is 0.977. The van der Waals surface area contributed by atoms with E-state index in [4.69, 9.17) is 4.74 Å². The Morgan fingerprint density at radius 3 is 2.49 bits per heavy atom. The van der Waals surface area contributed by atoms with Crippen LogP contribution < -0.4 is 20.9 Å². The Morgan fingerprint density at radius 2 is 1.74 bits per heavy atom. The highest BCUT2D eigenvalue weighted by Crippen LogP contribution is 2.33. The Bertz CT molecular complexity index is 2770. The van der Waals surface area contributed by atoms with Crippen LogP contribution in [-0.2, 0) is 19.3 Å². The van der Waals surface area contributed by atoms with Gasteiger partial charge in [0, 0.05) is 53.7 Å². The monoisotopic (exact) mass is 866 g/mol. The molecule has 0 atom stereocenters. The lowest BCUT2D eigenvalue weighted by Gasteiger charge is -2.14. The van der Waals surface area contributed by atoms with Crippen molar-refractivity contribution in [3.8, 4) is 45.2 Å². The van der Waals surface area contributed by atoms with Crippen LogP contribution in [0.25, 0.3) is 27.6 Å². The molecule has 310 valence electrons. The molecule has 0 spiro atoms. The smallest absolute Gasteiger partial charge is 0.419 e. The van der Waals surface area contributed by atoms with E-state index in [1.165, 1.54) is 28.3 Å². The molecule has 4 aromatic carbocycles. The molecule has 12 nitrogen and oxygen atoms in total. The molecule has 0 aliphatic rings. The number of carbonyl (C=O) groups is 1. The molecule has 61 heavy (non-hydrogen) atoms. The number of ether oxygens (including phenoxy) is 1. The van der Waals surface area contributed by atoms with Gasteiger partial charge in [-0.1, -0.05) is 89.9 Å². The minimum atomic E-state index is -4.84. The van der Waals surface area contributed by atoms with Crippen LogP contribution in [0.4, 0.5) is 28.4 Å².